The number of nitrogens with one attached hydrogen (secondary N) is 4. The van der Waals surface area contributed by atoms with Crippen molar-refractivity contribution in [2.24, 2.45) is 10.8 Å². The molecule has 5 N–H and O–H groups in total. The van der Waals surface area contributed by atoms with Crippen molar-refractivity contribution in [3.05, 3.63) is 90.3 Å². The zero-order valence-electron chi connectivity index (χ0n) is 31.4. The highest BCUT2D eigenvalue weighted by molar-refractivity contribution is 6.35. The summed E-state index contributed by atoms with van der Waals surface area (Å²) in [7, 11) is 1.21. The van der Waals surface area contributed by atoms with Gasteiger partial charge in [-0.25, -0.2) is 4.79 Å². The third kappa shape index (κ3) is 12.6. The van der Waals surface area contributed by atoms with Crippen molar-refractivity contribution < 1.29 is 33.8 Å². The minimum Gasteiger partial charge on any atom is -0.453 e. The van der Waals surface area contributed by atoms with Gasteiger partial charge in [-0.05, 0) is 58.4 Å². The van der Waals surface area contributed by atoms with Crippen molar-refractivity contribution in [2.45, 2.75) is 98.0 Å². The van der Waals surface area contributed by atoms with Crippen LogP contribution in [0.5, 0.6) is 0 Å². The number of Topliss-reactive ketones (excluding diaryl/α,β-unsaturated/α-hetero) is 1. The number of methoxy groups -OCH3 is 1. The minimum atomic E-state index is -1.19. The fourth-order valence-corrected chi connectivity index (χ4v) is 5.76. The van der Waals surface area contributed by atoms with Gasteiger partial charge in [0.1, 0.15) is 12.1 Å². The van der Waals surface area contributed by atoms with Gasteiger partial charge in [0.05, 0.1) is 19.3 Å². The van der Waals surface area contributed by atoms with Crippen LogP contribution in [0, 0.1) is 10.8 Å². The molecule has 3 aromatic rings. The van der Waals surface area contributed by atoms with Gasteiger partial charge in [-0.2, -0.15) is 0 Å². The maximum Gasteiger partial charge on any atom is 0.407 e. The lowest BCUT2D eigenvalue weighted by Crippen LogP contribution is -2.59. The number of alkyl carbamates (subject to hydrolysis) is 1. The van der Waals surface area contributed by atoms with Crippen LogP contribution < -0.4 is 21.3 Å². The van der Waals surface area contributed by atoms with E-state index in [9.17, 15) is 29.1 Å². The number of ketones is 1. The number of nitrogens with zero attached hydrogens (tertiary/aromatic N) is 1. The van der Waals surface area contributed by atoms with Crippen LogP contribution in [0.25, 0.3) is 11.1 Å². The van der Waals surface area contributed by atoms with Crippen LogP contribution in [0.4, 0.5) is 4.79 Å². The van der Waals surface area contributed by atoms with E-state index in [0.29, 0.717) is 6.42 Å². The summed E-state index contributed by atoms with van der Waals surface area (Å²) in [6.45, 7) is 11.9. The number of aliphatic hydroxyl groups is 1. The second kappa shape index (κ2) is 18.4. The summed E-state index contributed by atoms with van der Waals surface area (Å²) < 4.78 is 4.78. The maximum absolute atomic E-state index is 13.9. The molecule has 3 rings (SSSR count). The van der Waals surface area contributed by atoms with E-state index in [2.05, 4.69) is 26.3 Å². The van der Waals surface area contributed by atoms with Gasteiger partial charge in [-0.15, -0.1) is 0 Å². The number of carbonyl (C=O) groups is 5. The fraction of sp³-hybridized carbons (Fsp3) is 0.450. The molecule has 52 heavy (non-hydrogen) atoms. The molecular formula is C40H53N5O7. The molecule has 5 atom stereocenters. The molecule has 2 aromatic carbocycles. The van der Waals surface area contributed by atoms with E-state index < -0.39 is 70.7 Å². The lowest BCUT2D eigenvalue weighted by atomic mass is 9.85. The van der Waals surface area contributed by atoms with Crippen molar-refractivity contribution in [1.29, 1.82) is 0 Å². The Morgan fingerprint density at radius 1 is 0.712 bits per heavy atom. The molecule has 1 aromatic heterocycles. The van der Waals surface area contributed by atoms with Crippen molar-refractivity contribution in [2.75, 3.05) is 7.11 Å². The van der Waals surface area contributed by atoms with Gasteiger partial charge in [-0.3, -0.25) is 24.2 Å². The predicted octanol–water partition coefficient (Wildman–Crippen LogP) is 4.15. The molecule has 0 bridgehead atoms. The number of amides is 4. The van der Waals surface area contributed by atoms with Gasteiger partial charge < -0.3 is 31.1 Å². The Balaban J connectivity index is 1.97. The number of hydrogen-bond acceptors (Lipinski definition) is 8. The third-order valence-corrected chi connectivity index (χ3v) is 8.69. The number of ether oxygens (including phenoxy) is 1. The number of aliphatic hydroxyl groups excluding tert-OH is 1. The average molecular weight is 716 g/mol. The molecule has 12 nitrogen and oxygen atoms in total. The Labute approximate surface area is 306 Å². The molecule has 0 aliphatic rings. The van der Waals surface area contributed by atoms with E-state index in [1.165, 1.54) is 7.11 Å². The molecule has 0 aliphatic heterocycles. The summed E-state index contributed by atoms with van der Waals surface area (Å²) in [6, 6.07) is 17.4. The Kier molecular flexibility index (Phi) is 14.6. The van der Waals surface area contributed by atoms with E-state index in [0.717, 1.165) is 29.2 Å². The normalized spacial score (nSPS) is 14.5. The fourth-order valence-electron chi connectivity index (χ4n) is 5.76. The molecule has 0 radical (unpaired) electrons. The minimum absolute atomic E-state index is 0.0154. The maximum atomic E-state index is 13.9. The first-order valence-electron chi connectivity index (χ1n) is 17.4. The highest BCUT2D eigenvalue weighted by Gasteiger charge is 2.37. The van der Waals surface area contributed by atoms with Crippen molar-refractivity contribution >= 4 is 29.6 Å². The van der Waals surface area contributed by atoms with Crippen LogP contribution in [-0.2, 0) is 36.8 Å². The number of aromatic nitrogens is 1. The summed E-state index contributed by atoms with van der Waals surface area (Å²) in [5.74, 6) is -2.63. The van der Waals surface area contributed by atoms with E-state index in [4.69, 9.17) is 4.74 Å². The number of rotatable bonds is 15. The monoisotopic (exact) mass is 715 g/mol. The number of carbonyl (C=O) groups excluding carboxylic acids is 5. The molecule has 4 amide bonds. The van der Waals surface area contributed by atoms with Crippen LogP contribution >= 0.6 is 0 Å². The standard InChI is InChI=1S/C40H53N5O7/c1-25(46)35(48)44-33(39(2,3)4)36(49)42-30(21-26-13-10-9-11-14-26)23-32(47)31(43-37(50)34(40(5,6)7)45-38(51)52-8)22-27-16-18-28(19-17-27)29-15-12-20-41-24-29/h9-20,24,30-34,47H,21-23H2,1-8H3,(H,42,49)(H,43,50)(H,44,48)(H,45,51). The number of pyridine rings is 1. The smallest absolute Gasteiger partial charge is 0.407 e. The third-order valence-electron chi connectivity index (χ3n) is 8.69. The Bertz CT molecular complexity index is 1650. The quantitative estimate of drug-likeness (QED) is 0.146. The first kappa shape index (κ1) is 41.3. The number of hydrogen-bond donors (Lipinski definition) is 5. The molecule has 0 fully saturated rings. The van der Waals surface area contributed by atoms with Crippen LogP contribution in [0.15, 0.2) is 79.1 Å². The van der Waals surface area contributed by atoms with Gasteiger partial charge in [0.2, 0.25) is 17.6 Å². The number of benzene rings is 2. The zero-order chi connectivity index (χ0) is 38.6. The second-order valence-electron chi connectivity index (χ2n) is 15.2. The second-order valence-corrected chi connectivity index (χ2v) is 15.2. The van der Waals surface area contributed by atoms with E-state index >= 15 is 0 Å². The topological polar surface area (TPSA) is 176 Å². The summed E-state index contributed by atoms with van der Waals surface area (Å²) >= 11 is 0. The summed E-state index contributed by atoms with van der Waals surface area (Å²) in [5.41, 5.74) is 2.14. The molecule has 5 unspecified atom stereocenters. The van der Waals surface area contributed by atoms with Crippen molar-refractivity contribution in [1.82, 2.24) is 26.3 Å². The van der Waals surface area contributed by atoms with Gasteiger partial charge >= 0.3 is 6.09 Å². The average Bonchev–Trinajstić information content (AvgIpc) is 3.08. The molecular weight excluding hydrogens is 662 g/mol. The summed E-state index contributed by atoms with van der Waals surface area (Å²) in [5, 5.41) is 23.1. The Hall–Kier alpha value is -5.10. The largest absolute Gasteiger partial charge is 0.453 e. The molecule has 0 spiro atoms. The van der Waals surface area contributed by atoms with Gasteiger partial charge in [0.15, 0.2) is 0 Å². The van der Waals surface area contributed by atoms with Crippen LogP contribution in [0.2, 0.25) is 0 Å². The Morgan fingerprint density at radius 2 is 1.29 bits per heavy atom. The molecule has 0 aliphatic carbocycles. The zero-order valence-corrected chi connectivity index (χ0v) is 31.4. The molecule has 12 heteroatoms. The predicted molar refractivity (Wildman–Crippen MR) is 199 cm³/mol. The Morgan fingerprint density at radius 3 is 1.83 bits per heavy atom. The van der Waals surface area contributed by atoms with Crippen molar-refractivity contribution in [3.8, 4) is 11.1 Å². The van der Waals surface area contributed by atoms with Gasteiger partial charge in [0.25, 0.3) is 5.91 Å². The molecule has 280 valence electrons. The highest BCUT2D eigenvalue weighted by atomic mass is 16.5. The van der Waals surface area contributed by atoms with Crippen LogP contribution in [0.3, 0.4) is 0 Å². The van der Waals surface area contributed by atoms with E-state index in [1.54, 1.807) is 53.9 Å². The van der Waals surface area contributed by atoms with Gasteiger partial charge in [0, 0.05) is 25.4 Å². The first-order valence-corrected chi connectivity index (χ1v) is 17.4. The van der Waals surface area contributed by atoms with E-state index in [1.807, 2.05) is 66.7 Å². The van der Waals surface area contributed by atoms with Crippen LogP contribution in [0.1, 0.15) is 66.0 Å². The van der Waals surface area contributed by atoms with E-state index in [-0.39, 0.29) is 12.8 Å². The lowest BCUT2D eigenvalue weighted by molar-refractivity contribution is -0.139. The SMILES string of the molecule is COC(=O)NC(C(=O)NC(Cc1ccc(-c2cccnc2)cc1)C(O)CC(Cc1ccccc1)NC(=O)C(NC(=O)C(C)=O)C(C)(C)C)C(C)(C)C. The first-order chi connectivity index (χ1) is 24.4. The molecule has 1 heterocycles. The summed E-state index contributed by atoms with van der Waals surface area (Å²) in [4.78, 5) is 68.2. The van der Waals surface area contributed by atoms with Gasteiger partial charge in [-0.1, -0.05) is 102 Å². The lowest BCUT2D eigenvalue weighted by Gasteiger charge is -2.35. The molecule has 0 saturated heterocycles. The molecule has 0 saturated carbocycles. The summed E-state index contributed by atoms with van der Waals surface area (Å²) in [6.07, 6.45) is 2.08. The highest BCUT2D eigenvalue weighted by Crippen LogP contribution is 2.24. The van der Waals surface area contributed by atoms with Crippen LogP contribution in [-0.4, -0.2) is 77.1 Å². The van der Waals surface area contributed by atoms with Crippen molar-refractivity contribution in [3.63, 3.8) is 0 Å².